The van der Waals surface area contributed by atoms with Crippen LogP contribution < -0.4 is 0 Å². The molecule has 1 aliphatic heterocycles. The van der Waals surface area contributed by atoms with Gasteiger partial charge in [0.2, 0.25) is 5.91 Å². The van der Waals surface area contributed by atoms with E-state index in [4.69, 9.17) is 0 Å². The summed E-state index contributed by atoms with van der Waals surface area (Å²) < 4.78 is 0. The molecular formula is C19H19NO2. The van der Waals surface area contributed by atoms with Crippen molar-refractivity contribution in [1.82, 2.24) is 4.90 Å². The van der Waals surface area contributed by atoms with E-state index in [1.807, 2.05) is 67.6 Å². The minimum Gasteiger partial charge on any atom is -0.334 e. The summed E-state index contributed by atoms with van der Waals surface area (Å²) in [5, 5.41) is 0. The zero-order valence-electron chi connectivity index (χ0n) is 12.8. The molecule has 2 aromatic rings. The van der Waals surface area contributed by atoms with E-state index in [1.165, 1.54) is 0 Å². The summed E-state index contributed by atoms with van der Waals surface area (Å²) in [5.41, 5.74) is 1.70. The van der Waals surface area contributed by atoms with Crippen LogP contribution in [0.15, 0.2) is 60.7 Å². The highest BCUT2D eigenvalue weighted by Gasteiger charge is 2.48. The molecule has 3 atom stereocenters. The Hall–Kier alpha value is -2.42. The summed E-state index contributed by atoms with van der Waals surface area (Å²) >= 11 is 0. The van der Waals surface area contributed by atoms with Crippen LogP contribution in [0.4, 0.5) is 0 Å². The van der Waals surface area contributed by atoms with Gasteiger partial charge in [0.15, 0.2) is 5.78 Å². The van der Waals surface area contributed by atoms with E-state index in [1.54, 1.807) is 11.9 Å². The minimum atomic E-state index is -0.438. The molecule has 1 fully saturated rings. The number of Topliss-reactive ketones (excluding diaryl/α,β-unsaturated/α-hetero) is 1. The summed E-state index contributed by atoms with van der Waals surface area (Å²) in [4.78, 5) is 27.0. The largest absolute Gasteiger partial charge is 0.334 e. The predicted octanol–water partition coefficient (Wildman–Crippen LogP) is 3.13. The molecule has 3 rings (SSSR count). The summed E-state index contributed by atoms with van der Waals surface area (Å²) in [6.45, 7) is 1.91. The second kappa shape index (κ2) is 5.76. The van der Waals surface area contributed by atoms with E-state index in [0.29, 0.717) is 5.56 Å². The molecule has 0 spiro atoms. The van der Waals surface area contributed by atoms with Crippen molar-refractivity contribution >= 4 is 11.7 Å². The lowest BCUT2D eigenvalue weighted by Crippen LogP contribution is -2.38. The average Bonchev–Trinajstić information content (AvgIpc) is 2.80. The molecule has 0 aromatic heterocycles. The zero-order chi connectivity index (χ0) is 15.7. The molecule has 3 heteroatoms. The molecule has 22 heavy (non-hydrogen) atoms. The van der Waals surface area contributed by atoms with Gasteiger partial charge in [-0.2, -0.15) is 0 Å². The molecule has 1 amide bonds. The maximum atomic E-state index is 12.9. The number of benzene rings is 2. The number of nitrogens with zero attached hydrogens (tertiary/aromatic N) is 1. The molecule has 112 valence electrons. The Kier molecular flexibility index (Phi) is 3.80. The van der Waals surface area contributed by atoms with Gasteiger partial charge >= 0.3 is 0 Å². The number of hydrogen-bond acceptors (Lipinski definition) is 2. The Bertz CT molecular complexity index is 681. The topological polar surface area (TPSA) is 37.4 Å². The second-order valence-corrected chi connectivity index (χ2v) is 5.85. The van der Waals surface area contributed by atoms with Crippen molar-refractivity contribution in [2.45, 2.75) is 18.9 Å². The minimum absolute atomic E-state index is 0.00894. The van der Waals surface area contributed by atoms with Crippen molar-refractivity contribution in [3.8, 4) is 0 Å². The zero-order valence-corrected chi connectivity index (χ0v) is 12.8. The molecule has 0 aliphatic carbocycles. The normalized spacial score (nSPS) is 24.5. The van der Waals surface area contributed by atoms with Crippen LogP contribution in [0.2, 0.25) is 0 Å². The van der Waals surface area contributed by atoms with Crippen LogP contribution in [0.5, 0.6) is 0 Å². The fourth-order valence-electron chi connectivity index (χ4n) is 3.38. The van der Waals surface area contributed by atoms with Gasteiger partial charge in [0, 0.05) is 24.4 Å². The first-order valence-electron chi connectivity index (χ1n) is 7.52. The van der Waals surface area contributed by atoms with Crippen molar-refractivity contribution in [2.75, 3.05) is 7.05 Å². The van der Waals surface area contributed by atoms with Gasteiger partial charge in [-0.1, -0.05) is 67.6 Å². The van der Waals surface area contributed by atoms with Gasteiger partial charge < -0.3 is 4.90 Å². The summed E-state index contributed by atoms with van der Waals surface area (Å²) in [7, 11) is 1.73. The standard InChI is InChI=1S/C19H19NO2/c1-13-16(14-9-5-3-6-10-14)17(20(2)19(13)22)18(21)15-11-7-4-8-12-15/h3-13,16-17H,1-2H3/t13-,16+,17+/m1/s1. The van der Waals surface area contributed by atoms with Gasteiger partial charge in [-0.15, -0.1) is 0 Å². The number of rotatable bonds is 3. The van der Waals surface area contributed by atoms with Crippen molar-refractivity contribution in [3.05, 3.63) is 71.8 Å². The lowest BCUT2D eigenvalue weighted by atomic mass is 9.82. The number of ketones is 1. The van der Waals surface area contributed by atoms with Crippen LogP contribution >= 0.6 is 0 Å². The maximum Gasteiger partial charge on any atom is 0.226 e. The van der Waals surface area contributed by atoms with E-state index >= 15 is 0 Å². The monoisotopic (exact) mass is 293 g/mol. The van der Waals surface area contributed by atoms with Crippen molar-refractivity contribution in [2.24, 2.45) is 5.92 Å². The highest BCUT2D eigenvalue weighted by Crippen LogP contribution is 2.39. The molecule has 1 saturated heterocycles. The van der Waals surface area contributed by atoms with Gasteiger partial charge in [0.05, 0.1) is 0 Å². The molecule has 0 radical (unpaired) electrons. The molecule has 0 N–H and O–H groups in total. The molecule has 1 heterocycles. The highest BCUT2D eigenvalue weighted by molar-refractivity contribution is 6.04. The SMILES string of the molecule is C[C@H]1C(=O)N(C)[C@H](C(=O)c2ccccc2)[C@@H]1c1ccccc1. The lowest BCUT2D eigenvalue weighted by Gasteiger charge is -2.24. The first-order valence-corrected chi connectivity index (χ1v) is 7.52. The quantitative estimate of drug-likeness (QED) is 0.815. The van der Waals surface area contributed by atoms with Gasteiger partial charge in [0.1, 0.15) is 6.04 Å². The van der Waals surface area contributed by atoms with Crippen LogP contribution in [0, 0.1) is 5.92 Å². The van der Waals surface area contributed by atoms with Crippen LogP contribution in [0.1, 0.15) is 28.8 Å². The van der Waals surface area contributed by atoms with Crippen LogP contribution in [0.3, 0.4) is 0 Å². The van der Waals surface area contributed by atoms with E-state index in [9.17, 15) is 9.59 Å². The number of amides is 1. The molecule has 0 saturated carbocycles. The fraction of sp³-hybridized carbons (Fsp3) is 0.263. The van der Waals surface area contributed by atoms with Gasteiger partial charge in [0.25, 0.3) is 0 Å². The first kappa shape index (κ1) is 14.5. The number of hydrogen-bond donors (Lipinski definition) is 0. The summed E-state index contributed by atoms with van der Waals surface area (Å²) in [6.07, 6.45) is 0. The smallest absolute Gasteiger partial charge is 0.226 e. The van der Waals surface area contributed by atoms with E-state index in [0.717, 1.165) is 5.56 Å². The highest BCUT2D eigenvalue weighted by atomic mass is 16.2. The van der Waals surface area contributed by atoms with Gasteiger partial charge in [-0.3, -0.25) is 9.59 Å². The number of carbonyl (C=O) groups excluding carboxylic acids is 2. The molecule has 0 bridgehead atoms. The first-order chi connectivity index (χ1) is 10.6. The Morgan fingerprint density at radius 2 is 1.50 bits per heavy atom. The number of carbonyl (C=O) groups is 2. The Morgan fingerprint density at radius 3 is 2.09 bits per heavy atom. The van der Waals surface area contributed by atoms with E-state index < -0.39 is 6.04 Å². The van der Waals surface area contributed by atoms with Gasteiger partial charge in [-0.25, -0.2) is 0 Å². The number of likely N-dealkylation sites (tertiary alicyclic amines) is 1. The lowest BCUT2D eigenvalue weighted by molar-refractivity contribution is -0.130. The molecule has 3 nitrogen and oxygen atoms in total. The molecule has 1 aliphatic rings. The third kappa shape index (κ3) is 2.33. The van der Waals surface area contributed by atoms with Crippen LogP contribution in [0.25, 0.3) is 0 Å². The molecule has 2 aromatic carbocycles. The van der Waals surface area contributed by atoms with Crippen LogP contribution in [-0.4, -0.2) is 29.7 Å². The Balaban J connectivity index is 2.03. The third-order valence-electron chi connectivity index (χ3n) is 4.54. The maximum absolute atomic E-state index is 12.9. The van der Waals surface area contributed by atoms with Crippen molar-refractivity contribution in [3.63, 3.8) is 0 Å². The van der Waals surface area contributed by atoms with Crippen molar-refractivity contribution < 1.29 is 9.59 Å². The summed E-state index contributed by atoms with van der Waals surface area (Å²) in [6, 6.07) is 18.6. The summed E-state index contributed by atoms with van der Waals surface area (Å²) in [5.74, 6) is -0.255. The van der Waals surface area contributed by atoms with Crippen molar-refractivity contribution in [1.29, 1.82) is 0 Å². The predicted molar refractivity (Wildman–Crippen MR) is 85.7 cm³/mol. The van der Waals surface area contributed by atoms with E-state index in [2.05, 4.69) is 0 Å². The van der Waals surface area contributed by atoms with Crippen LogP contribution in [-0.2, 0) is 4.79 Å². The Labute approximate surface area is 130 Å². The molecule has 0 unspecified atom stereocenters. The number of likely N-dealkylation sites (N-methyl/N-ethyl adjacent to an activating group) is 1. The molecular weight excluding hydrogens is 274 g/mol. The fourth-order valence-corrected chi connectivity index (χ4v) is 3.38. The second-order valence-electron chi connectivity index (χ2n) is 5.85. The van der Waals surface area contributed by atoms with E-state index in [-0.39, 0.29) is 23.5 Å². The van der Waals surface area contributed by atoms with Gasteiger partial charge in [-0.05, 0) is 5.56 Å². The Morgan fingerprint density at radius 1 is 0.955 bits per heavy atom. The average molecular weight is 293 g/mol. The third-order valence-corrected chi connectivity index (χ3v) is 4.54.